The Labute approximate surface area is 146 Å². The van der Waals surface area contributed by atoms with Crippen molar-refractivity contribution < 1.29 is 31.7 Å². The number of likely N-dealkylation sites (tertiary alicyclic amines) is 1. The molecule has 1 saturated heterocycles. The lowest BCUT2D eigenvalue weighted by atomic mass is 10.0. The van der Waals surface area contributed by atoms with Crippen LogP contribution in [0.5, 0.6) is 0 Å². The molecule has 0 aromatic heterocycles. The van der Waals surface area contributed by atoms with Gasteiger partial charge in [0, 0.05) is 0 Å². The van der Waals surface area contributed by atoms with Crippen LogP contribution >= 0.6 is 0 Å². The number of benzene rings is 1. The van der Waals surface area contributed by atoms with Crippen molar-refractivity contribution in [1.82, 2.24) is 4.90 Å². The van der Waals surface area contributed by atoms with Gasteiger partial charge in [0.2, 0.25) is 0 Å². The predicted molar refractivity (Wildman–Crippen MR) is 88.1 cm³/mol. The summed E-state index contributed by atoms with van der Waals surface area (Å²) in [6.45, 7) is -0.0690. The quantitative estimate of drug-likeness (QED) is 0.568. The summed E-state index contributed by atoms with van der Waals surface area (Å²) >= 11 is 0. The number of piperidine rings is 1. The molecule has 0 spiro atoms. The third-order valence-corrected chi connectivity index (χ3v) is 5.14. The van der Waals surface area contributed by atoms with Gasteiger partial charge in [0.25, 0.3) is 10.1 Å². The Hall–Kier alpha value is -2.13. The number of rotatable bonds is 5. The van der Waals surface area contributed by atoms with E-state index in [4.69, 9.17) is 4.18 Å². The molecule has 0 N–H and O–H groups in total. The minimum atomic E-state index is -3.83. The Balaban J connectivity index is 2.05. The van der Waals surface area contributed by atoms with Crippen molar-refractivity contribution in [3.63, 3.8) is 0 Å². The minimum absolute atomic E-state index is 0.0690. The Kier molecular flexibility index (Phi) is 6.38. The predicted octanol–water partition coefficient (Wildman–Crippen LogP) is 1.31. The molecule has 0 bridgehead atoms. The maximum Gasteiger partial charge on any atom is 0.410 e. The first-order valence-corrected chi connectivity index (χ1v) is 9.31. The van der Waals surface area contributed by atoms with Gasteiger partial charge in [-0.2, -0.15) is 8.42 Å². The van der Waals surface area contributed by atoms with Gasteiger partial charge in [0.15, 0.2) is 0 Å². The van der Waals surface area contributed by atoms with E-state index in [-0.39, 0.29) is 18.7 Å². The first kappa shape index (κ1) is 19.2. The van der Waals surface area contributed by atoms with Crippen LogP contribution in [0.2, 0.25) is 0 Å². The molecule has 1 aromatic rings. The van der Waals surface area contributed by atoms with Crippen molar-refractivity contribution >= 4 is 22.2 Å². The molecule has 138 valence electrons. The summed E-state index contributed by atoms with van der Waals surface area (Å²) in [5, 5.41) is 0. The van der Waals surface area contributed by atoms with E-state index in [1.54, 1.807) is 30.3 Å². The summed E-state index contributed by atoms with van der Waals surface area (Å²) in [7, 11) is -1.41. The van der Waals surface area contributed by atoms with E-state index in [2.05, 4.69) is 9.47 Å². The topological polar surface area (TPSA) is 99.2 Å². The third-order valence-electron chi connectivity index (χ3n) is 3.89. The molecule has 1 aliphatic rings. The Morgan fingerprint density at radius 3 is 2.40 bits per heavy atom. The Morgan fingerprint density at radius 1 is 1.12 bits per heavy atom. The molecular formula is C16H21NO7S. The lowest BCUT2D eigenvalue weighted by molar-refractivity contribution is -0.148. The molecule has 0 unspecified atom stereocenters. The fourth-order valence-corrected chi connectivity index (χ4v) is 3.98. The van der Waals surface area contributed by atoms with Gasteiger partial charge in [-0.05, 0) is 18.4 Å². The van der Waals surface area contributed by atoms with Crippen LogP contribution in [0.25, 0.3) is 0 Å². The molecule has 1 fully saturated rings. The summed E-state index contributed by atoms with van der Waals surface area (Å²) in [4.78, 5) is 24.8. The average Bonchev–Trinajstić information content (AvgIpc) is 2.60. The molecule has 1 aliphatic heterocycles. The Bertz CT molecular complexity index is 704. The second-order valence-electron chi connectivity index (χ2n) is 5.64. The molecular weight excluding hydrogens is 350 g/mol. The van der Waals surface area contributed by atoms with E-state index in [0.717, 1.165) is 4.90 Å². The standard InChI is InChI=1S/C16H21NO7S/c1-22-15(18)14-9-8-13(10-17(14)16(19)23-2)24-25(20,21)11-12-6-4-3-5-7-12/h3-7,13-14H,8-11H2,1-2H3/t13-,14+/m1/s1. The van der Waals surface area contributed by atoms with Crippen molar-refractivity contribution in [2.45, 2.75) is 30.7 Å². The number of carbonyl (C=O) groups is 2. The molecule has 1 heterocycles. The second-order valence-corrected chi connectivity index (χ2v) is 7.24. The molecule has 1 amide bonds. The van der Waals surface area contributed by atoms with Crippen molar-refractivity contribution in [2.75, 3.05) is 20.8 Å². The van der Waals surface area contributed by atoms with Gasteiger partial charge in [-0.1, -0.05) is 30.3 Å². The SMILES string of the molecule is COC(=O)[C@@H]1CC[C@@H](OS(=O)(=O)Cc2ccccc2)CN1C(=O)OC. The molecule has 9 heteroatoms. The zero-order chi connectivity index (χ0) is 18.4. The maximum absolute atomic E-state index is 12.2. The number of hydrogen-bond acceptors (Lipinski definition) is 7. The zero-order valence-corrected chi connectivity index (χ0v) is 14.9. The van der Waals surface area contributed by atoms with Crippen molar-refractivity contribution in [3.05, 3.63) is 35.9 Å². The van der Waals surface area contributed by atoms with Crippen LogP contribution in [0.3, 0.4) is 0 Å². The molecule has 8 nitrogen and oxygen atoms in total. The molecule has 0 radical (unpaired) electrons. The van der Waals surface area contributed by atoms with Gasteiger partial charge >= 0.3 is 12.1 Å². The largest absolute Gasteiger partial charge is 0.467 e. The number of esters is 1. The van der Waals surface area contributed by atoms with Gasteiger partial charge in [0.1, 0.15) is 11.8 Å². The fraction of sp³-hybridized carbons (Fsp3) is 0.500. The number of hydrogen-bond donors (Lipinski definition) is 0. The van der Waals surface area contributed by atoms with Crippen molar-refractivity contribution in [1.29, 1.82) is 0 Å². The number of amides is 1. The van der Waals surface area contributed by atoms with Crippen LogP contribution in [0.4, 0.5) is 4.79 Å². The fourth-order valence-electron chi connectivity index (χ4n) is 2.74. The van der Waals surface area contributed by atoms with Gasteiger partial charge in [-0.3, -0.25) is 9.08 Å². The average molecular weight is 371 g/mol. The highest BCUT2D eigenvalue weighted by atomic mass is 32.2. The van der Waals surface area contributed by atoms with Crippen LogP contribution in [0, 0.1) is 0 Å². The normalized spacial score (nSPS) is 20.8. The van der Waals surface area contributed by atoms with Crippen molar-refractivity contribution in [2.24, 2.45) is 0 Å². The van der Waals surface area contributed by atoms with E-state index in [0.29, 0.717) is 12.0 Å². The van der Waals surface area contributed by atoms with Crippen LogP contribution in [-0.2, 0) is 34.3 Å². The van der Waals surface area contributed by atoms with E-state index in [1.807, 2.05) is 0 Å². The smallest absolute Gasteiger partial charge is 0.410 e. The third kappa shape index (κ3) is 5.17. The van der Waals surface area contributed by atoms with Crippen LogP contribution in [0.1, 0.15) is 18.4 Å². The minimum Gasteiger partial charge on any atom is -0.467 e. The molecule has 2 atom stereocenters. The second kappa shape index (κ2) is 8.30. The lowest BCUT2D eigenvalue weighted by Crippen LogP contribution is -2.53. The van der Waals surface area contributed by atoms with E-state index < -0.39 is 34.3 Å². The zero-order valence-electron chi connectivity index (χ0n) is 14.1. The molecule has 2 rings (SSSR count). The van der Waals surface area contributed by atoms with E-state index in [1.165, 1.54) is 14.2 Å². The number of carbonyl (C=O) groups excluding carboxylic acids is 2. The van der Waals surface area contributed by atoms with Gasteiger partial charge in [0.05, 0.1) is 26.9 Å². The molecule has 0 aliphatic carbocycles. The number of methoxy groups -OCH3 is 2. The van der Waals surface area contributed by atoms with Gasteiger partial charge < -0.3 is 9.47 Å². The van der Waals surface area contributed by atoms with Gasteiger partial charge in [-0.15, -0.1) is 0 Å². The summed E-state index contributed by atoms with van der Waals surface area (Å²) in [6.07, 6.45) is -0.938. The number of ether oxygens (including phenoxy) is 2. The van der Waals surface area contributed by atoms with Crippen LogP contribution in [0.15, 0.2) is 30.3 Å². The monoisotopic (exact) mass is 371 g/mol. The maximum atomic E-state index is 12.2. The summed E-state index contributed by atoms with van der Waals surface area (Å²) < 4.78 is 39.1. The Morgan fingerprint density at radius 2 is 1.80 bits per heavy atom. The molecule has 0 saturated carbocycles. The molecule has 1 aromatic carbocycles. The van der Waals surface area contributed by atoms with Crippen LogP contribution < -0.4 is 0 Å². The molecule has 25 heavy (non-hydrogen) atoms. The number of nitrogens with zero attached hydrogens (tertiary/aromatic N) is 1. The highest BCUT2D eigenvalue weighted by Gasteiger charge is 2.39. The van der Waals surface area contributed by atoms with Crippen molar-refractivity contribution in [3.8, 4) is 0 Å². The highest BCUT2D eigenvalue weighted by molar-refractivity contribution is 7.85. The van der Waals surface area contributed by atoms with Gasteiger partial charge in [-0.25, -0.2) is 9.59 Å². The first-order valence-electron chi connectivity index (χ1n) is 7.73. The van der Waals surface area contributed by atoms with E-state index >= 15 is 0 Å². The first-order chi connectivity index (χ1) is 11.9. The lowest BCUT2D eigenvalue weighted by Gasteiger charge is -2.36. The summed E-state index contributed by atoms with van der Waals surface area (Å²) in [5.74, 6) is -0.834. The summed E-state index contributed by atoms with van der Waals surface area (Å²) in [6, 6.07) is 7.84. The van der Waals surface area contributed by atoms with Crippen LogP contribution in [-0.4, -0.2) is 58.3 Å². The summed E-state index contributed by atoms with van der Waals surface area (Å²) in [5.41, 5.74) is 0.607. The highest BCUT2D eigenvalue weighted by Crippen LogP contribution is 2.23. The van der Waals surface area contributed by atoms with E-state index in [9.17, 15) is 18.0 Å².